The van der Waals surface area contributed by atoms with Gasteiger partial charge in [0.05, 0.1) is 6.54 Å². The third kappa shape index (κ3) is 3.26. The summed E-state index contributed by atoms with van der Waals surface area (Å²) in [4.78, 5) is 4.35. The van der Waals surface area contributed by atoms with Crippen LogP contribution in [-0.4, -0.2) is 16.5 Å². The van der Waals surface area contributed by atoms with Gasteiger partial charge in [0.2, 0.25) is 0 Å². The van der Waals surface area contributed by atoms with Crippen molar-refractivity contribution in [2.24, 2.45) is 4.99 Å². The molecule has 0 aliphatic carbocycles. The van der Waals surface area contributed by atoms with Gasteiger partial charge in [-0.05, 0) is 31.0 Å². The van der Waals surface area contributed by atoms with Crippen LogP contribution >= 0.6 is 11.8 Å². The first-order chi connectivity index (χ1) is 9.08. The highest BCUT2D eigenvalue weighted by atomic mass is 32.2. The van der Waals surface area contributed by atoms with Gasteiger partial charge < -0.3 is 5.32 Å². The fourth-order valence-electron chi connectivity index (χ4n) is 2.04. The molecule has 1 N–H and O–H groups in total. The molecule has 0 radical (unpaired) electrons. The van der Waals surface area contributed by atoms with Crippen LogP contribution in [-0.2, 0) is 6.54 Å². The molecule has 0 unspecified atom stereocenters. The van der Waals surface area contributed by atoms with Crippen LogP contribution < -0.4 is 5.32 Å². The van der Waals surface area contributed by atoms with Gasteiger partial charge >= 0.3 is 0 Å². The zero-order valence-corrected chi connectivity index (χ0v) is 12.0. The van der Waals surface area contributed by atoms with Crippen molar-refractivity contribution in [1.29, 1.82) is 0 Å². The maximum Gasteiger partial charge on any atom is 0.157 e. The Morgan fingerprint density at radius 3 is 2.68 bits per heavy atom. The van der Waals surface area contributed by atoms with Gasteiger partial charge in [-0.15, -0.1) is 0 Å². The average Bonchev–Trinajstić information content (AvgIpc) is 2.84. The lowest BCUT2D eigenvalue weighted by Gasteiger charge is -2.25. The molecule has 1 aliphatic heterocycles. The number of nitrogens with one attached hydrogen (secondary N) is 1. The first-order valence-corrected chi connectivity index (χ1v) is 7.46. The lowest BCUT2D eigenvalue weighted by Crippen LogP contribution is -2.42. The highest BCUT2D eigenvalue weighted by Crippen LogP contribution is 2.29. The lowest BCUT2D eigenvalue weighted by atomic mass is 9.96. The van der Waals surface area contributed by atoms with Crippen molar-refractivity contribution in [3.63, 3.8) is 0 Å². The van der Waals surface area contributed by atoms with Crippen molar-refractivity contribution in [2.75, 3.05) is 5.75 Å². The van der Waals surface area contributed by atoms with Gasteiger partial charge in [0.15, 0.2) is 5.17 Å². The van der Waals surface area contributed by atoms with Crippen molar-refractivity contribution in [2.45, 2.75) is 38.8 Å². The molecule has 2 rings (SSSR count). The Labute approximate surface area is 116 Å². The van der Waals surface area contributed by atoms with Crippen molar-refractivity contribution < 1.29 is 8.78 Å². The van der Waals surface area contributed by atoms with Crippen LogP contribution in [0.3, 0.4) is 0 Å². The van der Waals surface area contributed by atoms with E-state index in [9.17, 15) is 8.78 Å². The van der Waals surface area contributed by atoms with Gasteiger partial charge in [-0.1, -0.05) is 25.6 Å². The van der Waals surface area contributed by atoms with E-state index in [1.54, 1.807) is 11.8 Å². The summed E-state index contributed by atoms with van der Waals surface area (Å²) in [5.41, 5.74) is 0.393. The standard InChI is InChI=1S/C14H18F2N2S/c1-3-14(4-2)9-19-13(18-14)17-8-10-7-11(15)5-6-12(10)16/h5-7H,3-4,8-9H2,1-2H3,(H,17,18). The maximum atomic E-state index is 13.5. The number of thioether (sulfide) groups is 1. The number of hydrogen-bond donors (Lipinski definition) is 1. The summed E-state index contributed by atoms with van der Waals surface area (Å²) in [7, 11) is 0. The van der Waals surface area contributed by atoms with E-state index in [2.05, 4.69) is 24.2 Å². The van der Waals surface area contributed by atoms with Gasteiger partial charge in [-0.2, -0.15) is 0 Å². The first-order valence-electron chi connectivity index (χ1n) is 6.48. The largest absolute Gasteiger partial charge is 0.359 e. The van der Waals surface area contributed by atoms with E-state index in [0.717, 1.165) is 35.9 Å². The van der Waals surface area contributed by atoms with Gasteiger partial charge in [0.1, 0.15) is 11.6 Å². The molecule has 1 aromatic carbocycles. The van der Waals surface area contributed by atoms with E-state index in [1.165, 1.54) is 6.07 Å². The predicted molar refractivity (Wildman–Crippen MR) is 76.4 cm³/mol. The molecule has 0 saturated carbocycles. The Morgan fingerprint density at radius 1 is 1.32 bits per heavy atom. The van der Waals surface area contributed by atoms with E-state index >= 15 is 0 Å². The Hall–Kier alpha value is -1.10. The Kier molecular flexibility index (Phi) is 4.45. The van der Waals surface area contributed by atoms with Crippen molar-refractivity contribution >= 4 is 16.9 Å². The smallest absolute Gasteiger partial charge is 0.157 e. The molecular weight excluding hydrogens is 266 g/mol. The number of benzene rings is 1. The number of rotatable bonds is 4. The van der Waals surface area contributed by atoms with E-state index < -0.39 is 11.6 Å². The molecule has 0 bridgehead atoms. The Morgan fingerprint density at radius 2 is 2.05 bits per heavy atom. The number of halogens is 2. The fourth-order valence-corrected chi connectivity index (χ4v) is 3.38. The van der Waals surface area contributed by atoms with Crippen LogP contribution in [0.1, 0.15) is 32.3 Å². The van der Waals surface area contributed by atoms with Crippen LogP contribution in [0.2, 0.25) is 0 Å². The molecule has 104 valence electrons. The van der Waals surface area contributed by atoms with E-state index in [-0.39, 0.29) is 12.1 Å². The van der Waals surface area contributed by atoms with Gasteiger partial charge in [-0.3, -0.25) is 4.99 Å². The van der Waals surface area contributed by atoms with Crippen molar-refractivity contribution in [3.05, 3.63) is 35.4 Å². The monoisotopic (exact) mass is 284 g/mol. The number of nitrogens with zero attached hydrogens (tertiary/aromatic N) is 1. The summed E-state index contributed by atoms with van der Waals surface area (Å²) in [5.74, 6) is 0.135. The maximum absolute atomic E-state index is 13.5. The number of amidine groups is 1. The van der Waals surface area contributed by atoms with Crippen LogP contribution in [0.4, 0.5) is 8.78 Å². The molecule has 19 heavy (non-hydrogen) atoms. The highest BCUT2D eigenvalue weighted by molar-refractivity contribution is 8.14. The van der Waals surface area contributed by atoms with Gasteiger partial charge in [0.25, 0.3) is 0 Å². The Balaban J connectivity index is 2.06. The second kappa shape index (κ2) is 5.90. The SMILES string of the molecule is CCC1(CC)CSC(=NCc2cc(F)ccc2F)N1. The average molecular weight is 284 g/mol. The zero-order valence-electron chi connectivity index (χ0n) is 11.2. The van der Waals surface area contributed by atoms with E-state index in [1.807, 2.05) is 0 Å². The molecule has 1 saturated heterocycles. The molecule has 1 aromatic rings. The third-order valence-electron chi connectivity index (χ3n) is 3.61. The summed E-state index contributed by atoms with van der Waals surface area (Å²) >= 11 is 1.65. The summed E-state index contributed by atoms with van der Waals surface area (Å²) in [6, 6.07) is 3.46. The molecule has 2 nitrogen and oxygen atoms in total. The fraction of sp³-hybridized carbons (Fsp3) is 0.500. The lowest BCUT2D eigenvalue weighted by molar-refractivity contribution is 0.407. The highest BCUT2D eigenvalue weighted by Gasteiger charge is 2.33. The van der Waals surface area contributed by atoms with Crippen LogP contribution in [0.5, 0.6) is 0 Å². The van der Waals surface area contributed by atoms with Crippen molar-refractivity contribution in [1.82, 2.24) is 5.32 Å². The zero-order chi connectivity index (χ0) is 13.9. The van der Waals surface area contributed by atoms with Crippen LogP contribution in [0, 0.1) is 11.6 Å². The molecular formula is C14H18F2N2S. The van der Waals surface area contributed by atoms with E-state index in [0.29, 0.717) is 5.56 Å². The third-order valence-corrected chi connectivity index (χ3v) is 4.81. The summed E-state index contributed by atoms with van der Waals surface area (Å²) in [6.07, 6.45) is 2.06. The quantitative estimate of drug-likeness (QED) is 0.911. The van der Waals surface area contributed by atoms with Gasteiger partial charge in [-0.25, -0.2) is 8.78 Å². The molecule has 0 atom stereocenters. The summed E-state index contributed by atoms with van der Waals surface area (Å²) in [6.45, 7) is 4.46. The summed E-state index contributed by atoms with van der Waals surface area (Å²) < 4.78 is 26.5. The van der Waals surface area contributed by atoms with E-state index in [4.69, 9.17) is 0 Å². The first kappa shape index (κ1) is 14.3. The van der Waals surface area contributed by atoms with Crippen molar-refractivity contribution in [3.8, 4) is 0 Å². The molecule has 0 spiro atoms. The second-order valence-electron chi connectivity index (χ2n) is 4.76. The number of aliphatic imine (C=N–C) groups is 1. The minimum atomic E-state index is -0.430. The predicted octanol–water partition coefficient (Wildman–Crippen LogP) is 3.72. The summed E-state index contributed by atoms with van der Waals surface area (Å²) in [5, 5.41) is 4.23. The minimum absolute atomic E-state index is 0.101. The molecule has 1 aliphatic rings. The minimum Gasteiger partial charge on any atom is -0.359 e. The molecule has 0 aromatic heterocycles. The normalized spacial score (nSPS) is 19.7. The van der Waals surface area contributed by atoms with Crippen LogP contribution in [0.25, 0.3) is 0 Å². The van der Waals surface area contributed by atoms with Crippen LogP contribution in [0.15, 0.2) is 23.2 Å². The second-order valence-corrected chi connectivity index (χ2v) is 5.72. The molecule has 1 fully saturated rings. The molecule has 0 amide bonds. The topological polar surface area (TPSA) is 24.4 Å². The Bertz CT molecular complexity index is 484. The molecule has 1 heterocycles. The van der Waals surface area contributed by atoms with Gasteiger partial charge in [0, 0.05) is 16.9 Å². The number of hydrogen-bond acceptors (Lipinski definition) is 2. The molecule has 5 heteroatoms.